The van der Waals surface area contributed by atoms with Crippen LogP contribution in [0.15, 0.2) is 12.2 Å². The number of hydrogen-bond donors (Lipinski definition) is 1. The van der Waals surface area contributed by atoms with Gasteiger partial charge in [0.25, 0.3) is 0 Å². The van der Waals surface area contributed by atoms with Crippen molar-refractivity contribution in [2.75, 3.05) is 18.1 Å². The molecule has 1 unspecified atom stereocenters. The molecule has 0 heterocycles. The van der Waals surface area contributed by atoms with Crippen molar-refractivity contribution in [2.45, 2.75) is 52.5 Å². The van der Waals surface area contributed by atoms with E-state index in [0.717, 1.165) is 19.4 Å². The number of hydrogen-bond acceptors (Lipinski definition) is 2. The first-order valence-corrected chi connectivity index (χ1v) is 7.37. The lowest BCUT2D eigenvalue weighted by Crippen LogP contribution is -2.32. The van der Waals surface area contributed by atoms with Crippen LogP contribution in [0.25, 0.3) is 0 Å². The van der Waals surface area contributed by atoms with Gasteiger partial charge >= 0.3 is 0 Å². The van der Waals surface area contributed by atoms with E-state index in [1.165, 1.54) is 29.9 Å². The lowest BCUT2D eigenvalue weighted by Gasteiger charge is -2.18. The first kappa shape index (κ1) is 15.0. The van der Waals surface area contributed by atoms with Crippen LogP contribution in [0.5, 0.6) is 0 Å². The third-order valence-corrected chi connectivity index (χ3v) is 3.72. The van der Waals surface area contributed by atoms with E-state index in [1.807, 2.05) is 0 Å². The number of nitrogens with one attached hydrogen (secondary N) is 1. The molecule has 2 heteroatoms. The molecule has 90 valence electrons. The standard InChI is InChI=1S/C13H27NS/c1-5-8-14-13(10-12(4)7-3)11-15-9-6-2/h13-14H,4-11H2,1-3H3. The van der Waals surface area contributed by atoms with Crippen molar-refractivity contribution < 1.29 is 0 Å². The largest absolute Gasteiger partial charge is 0.313 e. The second kappa shape index (κ2) is 10.6. The zero-order valence-corrected chi connectivity index (χ0v) is 11.5. The lowest BCUT2D eigenvalue weighted by molar-refractivity contribution is 0.544. The van der Waals surface area contributed by atoms with Gasteiger partial charge in [0.1, 0.15) is 0 Å². The molecule has 0 aliphatic rings. The minimum atomic E-state index is 0.633. The molecule has 0 amide bonds. The molecule has 0 aliphatic carbocycles. The predicted molar refractivity (Wildman–Crippen MR) is 73.7 cm³/mol. The quantitative estimate of drug-likeness (QED) is 0.451. The molecule has 0 aromatic rings. The average molecular weight is 229 g/mol. The molecular formula is C13H27NS. The van der Waals surface area contributed by atoms with E-state index >= 15 is 0 Å². The molecule has 1 atom stereocenters. The summed E-state index contributed by atoms with van der Waals surface area (Å²) in [5.74, 6) is 2.51. The molecule has 0 aliphatic heterocycles. The van der Waals surface area contributed by atoms with E-state index in [0.29, 0.717) is 6.04 Å². The van der Waals surface area contributed by atoms with Gasteiger partial charge in [-0.05, 0) is 38.0 Å². The van der Waals surface area contributed by atoms with Crippen LogP contribution in [0.1, 0.15) is 46.5 Å². The highest BCUT2D eigenvalue weighted by molar-refractivity contribution is 7.99. The molecular weight excluding hydrogens is 202 g/mol. The van der Waals surface area contributed by atoms with E-state index in [-0.39, 0.29) is 0 Å². The maximum atomic E-state index is 4.10. The van der Waals surface area contributed by atoms with E-state index in [4.69, 9.17) is 0 Å². The van der Waals surface area contributed by atoms with Crippen LogP contribution < -0.4 is 5.32 Å². The maximum Gasteiger partial charge on any atom is 0.0195 e. The Morgan fingerprint density at radius 1 is 1.27 bits per heavy atom. The minimum Gasteiger partial charge on any atom is -0.313 e. The molecule has 1 nitrogen and oxygen atoms in total. The van der Waals surface area contributed by atoms with Crippen molar-refractivity contribution in [1.29, 1.82) is 0 Å². The van der Waals surface area contributed by atoms with Gasteiger partial charge in [-0.1, -0.05) is 32.9 Å². The Morgan fingerprint density at radius 3 is 2.53 bits per heavy atom. The zero-order chi connectivity index (χ0) is 11.5. The van der Waals surface area contributed by atoms with Gasteiger partial charge in [-0.2, -0.15) is 11.8 Å². The van der Waals surface area contributed by atoms with Crippen LogP contribution in [0.3, 0.4) is 0 Å². The van der Waals surface area contributed by atoms with Crippen molar-refractivity contribution >= 4 is 11.8 Å². The fourth-order valence-corrected chi connectivity index (χ4v) is 2.38. The SMILES string of the molecule is C=C(CC)CC(CSCCC)NCCC. The molecule has 0 fully saturated rings. The van der Waals surface area contributed by atoms with Gasteiger partial charge in [0.15, 0.2) is 0 Å². The topological polar surface area (TPSA) is 12.0 Å². The second-order valence-corrected chi connectivity index (χ2v) is 5.18. The van der Waals surface area contributed by atoms with Gasteiger partial charge in [0.2, 0.25) is 0 Å². The van der Waals surface area contributed by atoms with E-state index in [9.17, 15) is 0 Å². The summed E-state index contributed by atoms with van der Waals surface area (Å²) >= 11 is 2.06. The minimum absolute atomic E-state index is 0.633. The molecule has 0 rings (SSSR count). The smallest absolute Gasteiger partial charge is 0.0195 e. The maximum absolute atomic E-state index is 4.10. The van der Waals surface area contributed by atoms with Crippen LogP contribution in [0.4, 0.5) is 0 Å². The zero-order valence-electron chi connectivity index (χ0n) is 10.6. The molecule has 0 aromatic carbocycles. The van der Waals surface area contributed by atoms with Gasteiger partial charge in [-0.25, -0.2) is 0 Å². The summed E-state index contributed by atoms with van der Waals surface area (Å²) in [7, 11) is 0. The van der Waals surface area contributed by atoms with Crippen LogP contribution in [0, 0.1) is 0 Å². The van der Waals surface area contributed by atoms with Crippen molar-refractivity contribution in [2.24, 2.45) is 0 Å². The summed E-state index contributed by atoms with van der Waals surface area (Å²) in [6, 6.07) is 0.633. The summed E-state index contributed by atoms with van der Waals surface area (Å²) in [5, 5.41) is 3.61. The first-order chi connectivity index (χ1) is 7.24. The third-order valence-electron chi connectivity index (χ3n) is 2.39. The predicted octanol–water partition coefficient (Wildman–Crippen LogP) is 3.85. The fourth-order valence-electron chi connectivity index (χ4n) is 1.40. The van der Waals surface area contributed by atoms with E-state index in [2.05, 4.69) is 44.4 Å². The highest BCUT2D eigenvalue weighted by Gasteiger charge is 2.08. The molecule has 0 saturated heterocycles. The summed E-state index contributed by atoms with van der Waals surface area (Å²) in [5.41, 5.74) is 1.38. The number of thioether (sulfide) groups is 1. The summed E-state index contributed by atoms with van der Waals surface area (Å²) < 4.78 is 0. The molecule has 0 radical (unpaired) electrons. The van der Waals surface area contributed by atoms with Crippen LogP contribution >= 0.6 is 11.8 Å². The fraction of sp³-hybridized carbons (Fsp3) is 0.846. The Morgan fingerprint density at radius 2 is 2.00 bits per heavy atom. The van der Waals surface area contributed by atoms with Gasteiger partial charge in [-0.15, -0.1) is 0 Å². The highest BCUT2D eigenvalue weighted by Crippen LogP contribution is 2.12. The number of rotatable bonds is 10. The molecule has 15 heavy (non-hydrogen) atoms. The molecule has 0 saturated carbocycles. The normalized spacial score (nSPS) is 12.7. The molecule has 0 bridgehead atoms. The highest BCUT2D eigenvalue weighted by atomic mass is 32.2. The molecule has 0 spiro atoms. The summed E-state index contributed by atoms with van der Waals surface area (Å²) in [6.45, 7) is 11.9. The Kier molecular flexibility index (Phi) is 10.6. The van der Waals surface area contributed by atoms with E-state index < -0.39 is 0 Å². The van der Waals surface area contributed by atoms with Crippen molar-refractivity contribution in [3.8, 4) is 0 Å². The van der Waals surface area contributed by atoms with Crippen LogP contribution in [0.2, 0.25) is 0 Å². The van der Waals surface area contributed by atoms with Crippen molar-refractivity contribution in [3.63, 3.8) is 0 Å². The Labute approximate surface area is 100 Å². The Balaban J connectivity index is 3.77. The van der Waals surface area contributed by atoms with Gasteiger partial charge in [0.05, 0.1) is 0 Å². The lowest BCUT2D eigenvalue weighted by atomic mass is 10.1. The van der Waals surface area contributed by atoms with Gasteiger partial charge < -0.3 is 5.32 Å². The van der Waals surface area contributed by atoms with Crippen LogP contribution in [-0.2, 0) is 0 Å². The summed E-state index contributed by atoms with van der Waals surface area (Å²) in [6.07, 6.45) is 4.75. The average Bonchev–Trinajstić information content (AvgIpc) is 2.25. The van der Waals surface area contributed by atoms with Crippen LogP contribution in [-0.4, -0.2) is 24.1 Å². The Bertz CT molecular complexity index is 157. The Hall–Kier alpha value is 0.0500. The van der Waals surface area contributed by atoms with E-state index in [1.54, 1.807) is 0 Å². The first-order valence-electron chi connectivity index (χ1n) is 6.22. The third kappa shape index (κ3) is 9.01. The monoisotopic (exact) mass is 229 g/mol. The van der Waals surface area contributed by atoms with Crippen molar-refractivity contribution in [1.82, 2.24) is 5.32 Å². The molecule has 0 aromatic heterocycles. The second-order valence-electron chi connectivity index (χ2n) is 4.03. The molecule has 1 N–H and O–H groups in total. The van der Waals surface area contributed by atoms with Crippen molar-refractivity contribution in [3.05, 3.63) is 12.2 Å². The summed E-state index contributed by atoms with van der Waals surface area (Å²) in [4.78, 5) is 0. The van der Waals surface area contributed by atoms with Gasteiger partial charge in [-0.3, -0.25) is 0 Å². The van der Waals surface area contributed by atoms with Gasteiger partial charge in [0, 0.05) is 11.8 Å².